The van der Waals surface area contributed by atoms with Crippen LogP contribution in [-0.2, 0) is 0 Å². The smallest absolute Gasteiger partial charge is 0.373 e. The lowest BCUT2D eigenvalue weighted by molar-refractivity contribution is 0.0683. The van der Waals surface area contributed by atoms with Gasteiger partial charge in [-0.3, -0.25) is 0 Å². The first-order valence-corrected chi connectivity index (χ1v) is 3.94. The number of carbonyl (C=O) groups is 1. The van der Waals surface area contributed by atoms with Crippen LogP contribution >= 0.6 is 0 Å². The highest BCUT2D eigenvalue weighted by molar-refractivity contribution is 5.82. The molecule has 1 aliphatic rings. The van der Waals surface area contributed by atoms with Crippen LogP contribution < -0.4 is 0 Å². The van der Waals surface area contributed by atoms with Crippen molar-refractivity contribution >= 4 is 5.97 Å². The van der Waals surface area contributed by atoms with Crippen molar-refractivity contribution in [2.24, 2.45) is 0 Å². The molecule has 1 aromatic rings. The van der Waals surface area contributed by atoms with Gasteiger partial charge in [0.2, 0.25) is 5.82 Å². The molecule has 1 N–H and O–H groups in total. The zero-order valence-corrected chi connectivity index (χ0v) is 6.70. The summed E-state index contributed by atoms with van der Waals surface area (Å²) in [6.45, 7) is 0. The summed E-state index contributed by atoms with van der Waals surface area (Å²) in [4.78, 5) is 17.5. The maximum absolute atomic E-state index is 13.0. The molecule has 0 spiro atoms. The maximum atomic E-state index is 13.0. The van der Waals surface area contributed by atoms with Crippen molar-refractivity contribution in [1.29, 1.82) is 0 Å². The normalized spacial score (nSPS) is 15.8. The van der Waals surface area contributed by atoms with Gasteiger partial charge >= 0.3 is 5.97 Å². The lowest BCUT2D eigenvalue weighted by Crippen LogP contribution is -2.07. The number of aromatic carboxylic acids is 1. The van der Waals surface area contributed by atoms with Gasteiger partial charge < -0.3 is 5.11 Å². The van der Waals surface area contributed by atoms with Gasteiger partial charge in [-0.1, -0.05) is 0 Å². The van der Waals surface area contributed by atoms with E-state index < -0.39 is 11.8 Å². The molecular weight excluding hydrogens is 175 g/mol. The molecule has 0 saturated heterocycles. The Balaban J connectivity index is 2.41. The topological polar surface area (TPSA) is 63.1 Å². The molecule has 1 aliphatic carbocycles. The summed E-state index contributed by atoms with van der Waals surface area (Å²) >= 11 is 0. The average Bonchev–Trinajstić information content (AvgIpc) is 2.87. The number of hydrogen-bond acceptors (Lipinski definition) is 3. The second-order valence-corrected chi connectivity index (χ2v) is 3.01. The lowest BCUT2D eigenvalue weighted by Gasteiger charge is -1.99. The highest BCUT2D eigenvalue weighted by Crippen LogP contribution is 2.39. The molecule has 0 aromatic carbocycles. The Morgan fingerprint density at radius 1 is 1.62 bits per heavy atom. The van der Waals surface area contributed by atoms with Gasteiger partial charge in [-0.25, -0.2) is 19.2 Å². The molecule has 0 atom stereocenters. The third-order valence-corrected chi connectivity index (χ3v) is 1.93. The van der Waals surface area contributed by atoms with Crippen LogP contribution in [-0.4, -0.2) is 21.0 Å². The van der Waals surface area contributed by atoms with Crippen molar-refractivity contribution in [3.05, 3.63) is 23.5 Å². The molecule has 5 heteroatoms. The summed E-state index contributed by atoms with van der Waals surface area (Å²) in [6, 6.07) is 0. The summed E-state index contributed by atoms with van der Waals surface area (Å²) in [5.41, 5.74) is 0.243. The minimum absolute atomic E-state index is 0.0982. The minimum atomic E-state index is -1.22. The molecule has 1 saturated carbocycles. The molecule has 4 nitrogen and oxygen atoms in total. The van der Waals surface area contributed by atoms with Crippen molar-refractivity contribution in [3.8, 4) is 0 Å². The van der Waals surface area contributed by atoms with E-state index in [1.807, 2.05) is 0 Å². The molecular formula is C8H7FN2O2. The average molecular weight is 182 g/mol. The number of carboxylic acid groups (broad SMARTS) is 1. The van der Waals surface area contributed by atoms with Crippen LogP contribution in [0.3, 0.4) is 0 Å². The van der Waals surface area contributed by atoms with Crippen LogP contribution in [0, 0.1) is 5.82 Å². The predicted octanol–water partition coefficient (Wildman–Crippen LogP) is 1.19. The van der Waals surface area contributed by atoms with E-state index in [2.05, 4.69) is 9.97 Å². The summed E-state index contributed by atoms with van der Waals surface area (Å²) < 4.78 is 13.0. The largest absolute Gasteiger partial charge is 0.475 e. The first kappa shape index (κ1) is 8.10. The van der Waals surface area contributed by atoms with E-state index in [-0.39, 0.29) is 17.4 Å². The number of rotatable bonds is 2. The first-order valence-electron chi connectivity index (χ1n) is 3.94. The summed E-state index contributed by atoms with van der Waals surface area (Å²) in [5.74, 6) is -1.96. The van der Waals surface area contributed by atoms with Crippen LogP contribution in [0.1, 0.15) is 35.1 Å². The second kappa shape index (κ2) is 2.76. The Hall–Kier alpha value is -1.52. The van der Waals surface area contributed by atoms with Crippen molar-refractivity contribution in [1.82, 2.24) is 9.97 Å². The number of aromatic nitrogens is 2. The Labute approximate surface area is 73.4 Å². The fraction of sp³-hybridized carbons (Fsp3) is 0.375. The molecule has 2 rings (SSSR count). The Morgan fingerprint density at radius 3 is 2.85 bits per heavy atom. The number of halogens is 1. The summed E-state index contributed by atoms with van der Waals surface area (Å²) in [6.07, 6.45) is 2.68. The van der Waals surface area contributed by atoms with Crippen LogP contribution in [0.25, 0.3) is 0 Å². The zero-order valence-electron chi connectivity index (χ0n) is 6.70. The predicted molar refractivity (Wildman–Crippen MR) is 40.9 cm³/mol. The molecule has 0 amide bonds. The molecule has 1 aromatic heterocycles. The molecule has 0 bridgehead atoms. The fourth-order valence-corrected chi connectivity index (χ4v) is 1.13. The van der Waals surface area contributed by atoms with E-state index in [0.717, 1.165) is 19.0 Å². The molecule has 1 fully saturated rings. The van der Waals surface area contributed by atoms with Crippen molar-refractivity contribution < 1.29 is 14.3 Å². The van der Waals surface area contributed by atoms with E-state index in [4.69, 9.17) is 5.11 Å². The fourth-order valence-electron chi connectivity index (χ4n) is 1.13. The third kappa shape index (κ3) is 1.49. The third-order valence-electron chi connectivity index (χ3n) is 1.93. The lowest BCUT2D eigenvalue weighted by atomic mass is 10.2. The molecule has 13 heavy (non-hydrogen) atoms. The Bertz CT molecular complexity index is 363. The SMILES string of the molecule is O=C(O)c1ncc(F)c(C2CC2)n1. The standard InChI is InChI=1S/C8H7FN2O2/c9-5-3-10-7(8(12)13)11-6(5)4-1-2-4/h3-4H,1-2H2,(H,12,13). The number of nitrogens with zero attached hydrogens (tertiary/aromatic N) is 2. The minimum Gasteiger partial charge on any atom is -0.475 e. The number of hydrogen-bond donors (Lipinski definition) is 1. The van der Waals surface area contributed by atoms with Crippen LogP contribution in [0.15, 0.2) is 6.20 Å². The highest BCUT2D eigenvalue weighted by Gasteiger charge is 2.29. The van der Waals surface area contributed by atoms with Gasteiger partial charge in [0, 0.05) is 5.92 Å². The van der Waals surface area contributed by atoms with Crippen molar-refractivity contribution in [2.45, 2.75) is 18.8 Å². The van der Waals surface area contributed by atoms with Gasteiger partial charge in [-0.15, -0.1) is 0 Å². The Morgan fingerprint density at radius 2 is 2.31 bits per heavy atom. The first-order chi connectivity index (χ1) is 6.18. The van der Waals surface area contributed by atoms with E-state index in [1.165, 1.54) is 0 Å². The van der Waals surface area contributed by atoms with Crippen molar-refractivity contribution in [3.63, 3.8) is 0 Å². The van der Waals surface area contributed by atoms with Gasteiger partial charge in [0.1, 0.15) is 0 Å². The highest BCUT2D eigenvalue weighted by atomic mass is 19.1. The van der Waals surface area contributed by atoms with Gasteiger partial charge in [-0.2, -0.15) is 0 Å². The van der Waals surface area contributed by atoms with E-state index in [9.17, 15) is 9.18 Å². The molecule has 1 heterocycles. The Kier molecular flexibility index (Phi) is 1.72. The van der Waals surface area contributed by atoms with Crippen LogP contribution in [0.5, 0.6) is 0 Å². The number of carboxylic acids is 1. The summed E-state index contributed by atoms with van der Waals surface area (Å²) in [5, 5.41) is 8.55. The monoisotopic (exact) mass is 182 g/mol. The van der Waals surface area contributed by atoms with Crippen LogP contribution in [0.2, 0.25) is 0 Å². The van der Waals surface area contributed by atoms with E-state index >= 15 is 0 Å². The van der Waals surface area contributed by atoms with Gasteiger partial charge in [-0.05, 0) is 12.8 Å². The quantitative estimate of drug-likeness (QED) is 0.746. The van der Waals surface area contributed by atoms with Crippen molar-refractivity contribution in [2.75, 3.05) is 0 Å². The molecule has 68 valence electrons. The van der Waals surface area contributed by atoms with Gasteiger partial charge in [0.25, 0.3) is 0 Å². The molecule has 0 aliphatic heterocycles. The summed E-state index contributed by atoms with van der Waals surface area (Å²) in [7, 11) is 0. The van der Waals surface area contributed by atoms with Gasteiger partial charge in [0.15, 0.2) is 5.82 Å². The zero-order chi connectivity index (χ0) is 9.42. The molecule has 0 unspecified atom stereocenters. The van der Waals surface area contributed by atoms with E-state index in [1.54, 1.807) is 0 Å². The maximum Gasteiger partial charge on any atom is 0.373 e. The van der Waals surface area contributed by atoms with Crippen LogP contribution in [0.4, 0.5) is 4.39 Å². The second-order valence-electron chi connectivity index (χ2n) is 3.01. The molecule has 0 radical (unpaired) electrons. The van der Waals surface area contributed by atoms with E-state index in [0.29, 0.717) is 0 Å². The van der Waals surface area contributed by atoms with Gasteiger partial charge in [0.05, 0.1) is 11.9 Å².